The highest BCUT2D eigenvalue weighted by Gasteiger charge is 2.05. The van der Waals surface area contributed by atoms with Crippen LogP contribution in [0.25, 0.3) is 0 Å². The number of benzene rings is 1. The van der Waals surface area contributed by atoms with Crippen LogP contribution in [-0.2, 0) is 9.53 Å². The molecule has 1 unspecified atom stereocenters. The van der Waals surface area contributed by atoms with Crippen molar-refractivity contribution >= 4 is 5.97 Å². The molecule has 0 saturated heterocycles. The maximum Gasteiger partial charge on any atom is 0.306 e. The monoisotopic (exact) mass is 207 g/mol. The van der Waals surface area contributed by atoms with E-state index in [2.05, 4.69) is 29.1 Å². The molecule has 0 aliphatic carbocycles. The lowest BCUT2D eigenvalue weighted by molar-refractivity contribution is -0.140. The van der Waals surface area contributed by atoms with E-state index in [1.54, 1.807) is 0 Å². The van der Waals surface area contributed by atoms with Gasteiger partial charge in [-0.3, -0.25) is 4.79 Å². The fourth-order valence-electron chi connectivity index (χ4n) is 1.35. The summed E-state index contributed by atoms with van der Waals surface area (Å²) in [7, 11) is 1.41. The zero-order valence-corrected chi connectivity index (χ0v) is 9.19. The van der Waals surface area contributed by atoms with E-state index in [0.717, 1.165) is 0 Å². The van der Waals surface area contributed by atoms with Crippen LogP contribution in [0.1, 0.15) is 24.9 Å². The van der Waals surface area contributed by atoms with Crippen LogP contribution in [-0.4, -0.2) is 19.6 Å². The maximum atomic E-state index is 10.9. The fraction of sp³-hybridized carbons (Fsp3) is 0.417. The Morgan fingerprint density at radius 2 is 2.07 bits per heavy atom. The lowest BCUT2D eigenvalue weighted by atomic mass is 10.1. The van der Waals surface area contributed by atoms with E-state index in [1.165, 1.54) is 12.7 Å². The molecular weight excluding hydrogens is 190 g/mol. The minimum absolute atomic E-state index is 0.178. The number of ether oxygens (including phenoxy) is 1. The molecule has 0 aromatic heterocycles. The van der Waals surface area contributed by atoms with Crippen LogP contribution in [0.2, 0.25) is 0 Å². The highest BCUT2D eigenvalue weighted by atomic mass is 16.5. The maximum absolute atomic E-state index is 10.9. The van der Waals surface area contributed by atoms with Gasteiger partial charge in [0.15, 0.2) is 0 Å². The first-order valence-corrected chi connectivity index (χ1v) is 5.09. The molecule has 0 spiro atoms. The lowest BCUT2D eigenvalue weighted by Crippen LogP contribution is -2.22. The van der Waals surface area contributed by atoms with Gasteiger partial charge in [0, 0.05) is 12.6 Å². The third kappa shape index (κ3) is 4.13. The summed E-state index contributed by atoms with van der Waals surface area (Å²) in [4.78, 5) is 10.9. The van der Waals surface area contributed by atoms with Crippen molar-refractivity contribution < 1.29 is 9.53 Å². The van der Waals surface area contributed by atoms with Crippen molar-refractivity contribution in [2.24, 2.45) is 0 Å². The van der Waals surface area contributed by atoms with Gasteiger partial charge in [0.2, 0.25) is 0 Å². The zero-order chi connectivity index (χ0) is 11.1. The SMILES string of the molecule is COC(=O)CCNC(C)c1ccccc1. The average molecular weight is 207 g/mol. The Morgan fingerprint density at radius 1 is 1.40 bits per heavy atom. The van der Waals surface area contributed by atoms with Crippen molar-refractivity contribution in [3.05, 3.63) is 35.9 Å². The van der Waals surface area contributed by atoms with E-state index in [1.807, 2.05) is 18.2 Å². The molecule has 1 rings (SSSR count). The summed E-state index contributed by atoms with van der Waals surface area (Å²) in [6.07, 6.45) is 0.410. The number of rotatable bonds is 5. The summed E-state index contributed by atoms with van der Waals surface area (Å²) < 4.78 is 4.56. The Kier molecular flexibility index (Phi) is 4.84. The summed E-state index contributed by atoms with van der Waals surface area (Å²) in [6, 6.07) is 10.4. The number of carbonyl (C=O) groups excluding carboxylic acids is 1. The van der Waals surface area contributed by atoms with Gasteiger partial charge >= 0.3 is 5.97 Å². The van der Waals surface area contributed by atoms with Gasteiger partial charge in [0.1, 0.15) is 0 Å². The third-order valence-electron chi connectivity index (χ3n) is 2.31. The summed E-state index contributed by atoms with van der Waals surface area (Å²) >= 11 is 0. The van der Waals surface area contributed by atoms with Crippen LogP contribution in [0.5, 0.6) is 0 Å². The molecule has 0 aliphatic heterocycles. The normalized spacial score (nSPS) is 12.1. The number of esters is 1. The standard InChI is InChI=1S/C12H17NO2/c1-10(11-6-4-3-5-7-11)13-9-8-12(14)15-2/h3-7,10,13H,8-9H2,1-2H3. The molecule has 1 N–H and O–H groups in total. The number of hydrogen-bond donors (Lipinski definition) is 1. The molecular formula is C12H17NO2. The van der Waals surface area contributed by atoms with Gasteiger partial charge in [-0.2, -0.15) is 0 Å². The van der Waals surface area contributed by atoms with E-state index in [9.17, 15) is 4.79 Å². The molecule has 82 valence electrons. The third-order valence-corrected chi connectivity index (χ3v) is 2.31. The minimum Gasteiger partial charge on any atom is -0.469 e. The molecule has 0 radical (unpaired) electrons. The van der Waals surface area contributed by atoms with Crippen LogP contribution in [0, 0.1) is 0 Å². The minimum atomic E-state index is -0.178. The molecule has 0 saturated carbocycles. The van der Waals surface area contributed by atoms with Crippen molar-refractivity contribution in [3.63, 3.8) is 0 Å². The van der Waals surface area contributed by atoms with Crippen molar-refractivity contribution in [2.45, 2.75) is 19.4 Å². The van der Waals surface area contributed by atoms with Gasteiger partial charge in [-0.25, -0.2) is 0 Å². The summed E-state index contributed by atoms with van der Waals surface area (Å²) in [6.45, 7) is 2.72. The van der Waals surface area contributed by atoms with E-state index in [4.69, 9.17) is 0 Å². The summed E-state index contributed by atoms with van der Waals surface area (Å²) in [5.74, 6) is -0.178. The number of hydrogen-bond acceptors (Lipinski definition) is 3. The average Bonchev–Trinajstić information content (AvgIpc) is 2.29. The molecule has 0 heterocycles. The quantitative estimate of drug-likeness (QED) is 0.749. The van der Waals surface area contributed by atoms with E-state index in [0.29, 0.717) is 13.0 Å². The Hall–Kier alpha value is -1.35. The number of methoxy groups -OCH3 is 1. The Morgan fingerprint density at radius 3 is 2.67 bits per heavy atom. The van der Waals surface area contributed by atoms with Gasteiger partial charge in [-0.15, -0.1) is 0 Å². The lowest BCUT2D eigenvalue weighted by Gasteiger charge is -2.13. The summed E-state index contributed by atoms with van der Waals surface area (Å²) in [5.41, 5.74) is 1.22. The molecule has 0 fully saturated rings. The molecule has 1 aromatic carbocycles. The predicted octanol–water partition coefficient (Wildman–Crippen LogP) is 1.90. The Bertz CT molecular complexity index is 298. The molecule has 3 heteroatoms. The molecule has 0 aliphatic rings. The Labute approximate surface area is 90.4 Å². The topological polar surface area (TPSA) is 38.3 Å². The first-order chi connectivity index (χ1) is 7.24. The zero-order valence-electron chi connectivity index (χ0n) is 9.19. The molecule has 0 bridgehead atoms. The van der Waals surface area contributed by atoms with Crippen LogP contribution < -0.4 is 5.32 Å². The van der Waals surface area contributed by atoms with Crippen molar-refractivity contribution in [1.29, 1.82) is 0 Å². The highest BCUT2D eigenvalue weighted by Crippen LogP contribution is 2.10. The van der Waals surface area contributed by atoms with Gasteiger partial charge in [-0.1, -0.05) is 30.3 Å². The molecule has 1 atom stereocenters. The fourth-order valence-corrected chi connectivity index (χ4v) is 1.35. The molecule has 0 amide bonds. The van der Waals surface area contributed by atoms with Gasteiger partial charge in [0.05, 0.1) is 13.5 Å². The first-order valence-electron chi connectivity index (χ1n) is 5.09. The van der Waals surface area contributed by atoms with Gasteiger partial charge in [-0.05, 0) is 12.5 Å². The number of nitrogens with one attached hydrogen (secondary N) is 1. The van der Waals surface area contributed by atoms with Crippen molar-refractivity contribution in [2.75, 3.05) is 13.7 Å². The highest BCUT2D eigenvalue weighted by molar-refractivity contribution is 5.69. The second-order valence-corrected chi connectivity index (χ2v) is 3.41. The van der Waals surface area contributed by atoms with Gasteiger partial charge in [0.25, 0.3) is 0 Å². The van der Waals surface area contributed by atoms with E-state index >= 15 is 0 Å². The van der Waals surface area contributed by atoms with E-state index < -0.39 is 0 Å². The Balaban J connectivity index is 2.31. The predicted molar refractivity (Wildman–Crippen MR) is 59.5 cm³/mol. The van der Waals surface area contributed by atoms with Gasteiger partial charge < -0.3 is 10.1 Å². The smallest absolute Gasteiger partial charge is 0.306 e. The van der Waals surface area contributed by atoms with Crippen molar-refractivity contribution in [1.82, 2.24) is 5.32 Å². The van der Waals surface area contributed by atoms with Crippen LogP contribution >= 0.6 is 0 Å². The number of carbonyl (C=O) groups is 1. The van der Waals surface area contributed by atoms with Crippen molar-refractivity contribution in [3.8, 4) is 0 Å². The first kappa shape index (κ1) is 11.7. The second-order valence-electron chi connectivity index (χ2n) is 3.41. The van der Waals surface area contributed by atoms with E-state index in [-0.39, 0.29) is 12.0 Å². The van der Waals surface area contributed by atoms with Crippen LogP contribution in [0.3, 0.4) is 0 Å². The van der Waals surface area contributed by atoms with Crippen LogP contribution in [0.4, 0.5) is 0 Å². The molecule has 3 nitrogen and oxygen atoms in total. The summed E-state index contributed by atoms with van der Waals surface area (Å²) in [5, 5.41) is 3.26. The van der Waals surface area contributed by atoms with Crippen LogP contribution in [0.15, 0.2) is 30.3 Å². The molecule has 15 heavy (non-hydrogen) atoms. The second kappa shape index (κ2) is 6.19. The molecule has 1 aromatic rings. The largest absolute Gasteiger partial charge is 0.469 e.